The zero-order valence-electron chi connectivity index (χ0n) is 11.5. The van der Waals surface area contributed by atoms with Gasteiger partial charge in [0.05, 0.1) is 11.3 Å². The molecule has 0 radical (unpaired) electrons. The predicted octanol–water partition coefficient (Wildman–Crippen LogP) is 2.55. The molecule has 0 bridgehead atoms. The summed E-state index contributed by atoms with van der Waals surface area (Å²) in [4.78, 5) is 7.72. The molecule has 0 spiro atoms. The van der Waals surface area contributed by atoms with Crippen molar-refractivity contribution in [3.05, 3.63) is 41.7 Å². The van der Waals surface area contributed by atoms with E-state index in [2.05, 4.69) is 15.1 Å². The Hall–Kier alpha value is -1.96. The van der Waals surface area contributed by atoms with Crippen molar-refractivity contribution in [1.82, 2.24) is 19.7 Å². The van der Waals surface area contributed by atoms with Crippen molar-refractivity contribution >= 4 is 0 Å². The molecule has 1 atom stereocenters. The Morgan fingerprint density at radius 1 is 1.24 bits per heavy atom. The number of hydrogen-bond donors (Lipinski definition) is 1. The second kappa shape index (κ2) is 5.80. The Morgan fingerprint density at radius 2 is 1.95 bits per heavy atom. The summed E-state index contributed by atoms with van der Waals surface area (Å²) in [5.41, 5.74) is -0.676. The molecule has 2 aromatic heterocycles. The van der Waals surface area contributed by atoms with Crippen LogP contribution in [0.15, 0.2) is 24.7 Å². The van der Waals surface area contributed by atoms with Crippen LogP contribution < -0.4 is 0 Å². The number of aromatic nitrogens is 4. The summed E-state index contributed by atoms with van der Waals surface area (Å²) in [5.74, 6) is 0.555. The van der Waals surface area contributed by atoms with Gasteiger partial charge in [0.2, 0.25) is 0 Å². The van der Waals surface area contributed by atoms with Gasteiger partial charge in [0.25, 0.3) is 0 Å². The summed E-state index contributed by atoms with van der Waals surface area (Å²) in [6, 6.07) is 2.15. The zero-order valence-corrected chi connectivity index (χ0v) is 11.5. The van der Waals surface area contributed by atoms with Crippen molar-refractivity contribution in [1.29, 1.82) is 0 Å². The van der Waals surface area contributed by atoms with Crippen molar-refractivity contribution in [2.45, 2.75) is 38.6 Å². The van der Waals surface area contributed by atoms with Gasteiger partial charge in [-0.15, -0.1) is 0 Å². The molecule has 0 amide bonds. The molecule has 0 aliphatic heterocycles. The summed E-state index contributed by atoms with van der Waals surface area (Å²) < 4.78 is 39.0. The van der Waals surface area contributed by atoms with Gasteiger partial charge in [0.1, 0.15) is 18.3 Å². The van der Waals surface area contributed by atoms with Gasteiger partial charge >= 0.3 is 6.18 Å². The molecular weight excluding hydrogens is 285 g/mol. The molecule has 21 heavy (non-hydrogen) atoms. The van der Waals surface area contributed by atoms with E-state index in [1.165, 1.54) is 12.4 Å². The fraction of sp³-hybridized carbons (Fsp3) is 0.462. The van der Waals surface area contributed by atoms with Crippen molar-refractivity contribution in [3.63, 3.8) is 0 Å². The van der Waals surface area contributed by atoms with Crippen LogP contribution in [-0.2, 0) is 12.6 Å². The lowest BCUT2D eigenvalue weighted by molar-refractivity contribution is -0.137. The summed E-state index contributed by atoms with van der Waals surface area (Å²) in [6.07, 6.45) is -3.24. The highest BCUT2D eigenvalue weighted by molar-refractivity contribution is 5.18. The number of alkyl halides is 3. The third-order valence-corrected chi connectivity index (χ3v) is 2.97. The fourth-order valence-corrected chi connectivity index (χ4v) is 1.90. The molecule has 2 aromatic rings. The van der Waals surface area contributed by atoms with E-state index >= 15 is 0 Å². The Kier molecular flexibility index (Phi) is 4.26. The van der Waals surface area contributed by atoms with E-state index in [1.54, 1.807) is 4.68 Å². The van der Waals surface area contributed by atoms with Crippen molar-refractivity contribution < 1.29 is 18.3 Å². The molecular formula is C13H15F3N4O. The second-order valence-electron chi connectivity index (χ2n) is 4.90. The molecule has 0 aromatic carbocycles. The smallest absolute Gasteiger partial charge is 0.386 e. The first-order chi connectivity index (χ1) is 9.79. The number of rotatable bonds is 4. The standard InChI is InChI=1S/C13H15F3N4O/c1-8(2)20-12(18-7-19-20)5-11(21)10-4-3-9(6-17-10)13(14,15)16/h3-4,6-8,11,21H,5H2,1-2H3. The summed E-state index contributed by atoms with van der Waals surface area (Å²) in [6.45, 7) is 3.84. The number of pyridine rings is 1. The van der Waals surface area contributed by atoms with E-state index in [0.29, 0.717) is 12.0 Å². The molecule has 0 saturated carbocycles. The number of aliphatic hydroxyl groups is 1. The van der Waals surface area contributed by atoms with E-state index < -0.39 is 17.8 Å². The molecule has 0 aliphatic rings. The molecule has 2 rings (SSSR count). The van der Waals surface area contributed by atoms with Crippen LogP contribution in [-0.4, -0.2) is 24.9 Å². The molecule has 0 fully saturated rings. The van der Waals surface area contributed by atoms with Crippen LogP contribution in [0.5, 0.6) is 0 Å². The SMILES string of the molecule is CC(C)n1ncnc1CC(O)c1ccc(C(F)(F)F)cn1. The molecule has 0 saturated heterocycles. The maximum absolute atomic E-state index is 12.4. The van der Waals surface area contributed by atoms with Crippen LogP contribution in [0.4, 0.5) is 13.2 Å². The normalized spacial score (nSPS) is 13.7. The van der Waals surface area contributed by atoms with Gasteiger partial charge in [-0.2, -0.15) is 18.3 Å². The Morgan fingerprint density at radius 3 is 2.48 bits per heavy atom. The van der Waals surface area contributed by atoms with E-state index in [1.807, 2.05) is 13.8 Å². The van der Waals surface area contributed by atoms with Crippen molar-refractivity contribution in [3.8, 4) is 0 Å². The van der Waals surface area contributed by atoms with Crippen LogP contribution >= 0.6 is 0 Å². The minimum absolute atomic E-state index is 0.0789. The molecule has 0 aliphatic carbocycles. The van der Waals surface area contributed by atoms with Crippen LogP contribution in [0.2, 0.25) is 0 Å². The van der Waals surface area contributed by atoms with Gasteiger partial charge in [-0.1, -0.05) is 0 Å². The van der Waals surface area contributed by atoms with Crippen molar-refractivity contribution in [2.24, 2.45) is 0 Å². The topological polar surface area (TPSA) is 63.8 Å². The van der Waals surface area contributed by atoms with Crippen LogP contribution in [0.3, 0.4) is 0 Å². The second-order valence-corrected chi connectivity index (χ2v) is 4.90. The number of aliphatic hydroxyl groups excluding tert-OH is 1. The maximum atomic E-state index is 12.4. The first kappa shape index (κ1) is 15.4. The predicted molar refractivity (Wildman–Crippen MR) is 68.3 cm³/mol. The zero-order chi connectivity index (χ0) is 15.6. The highest BCUT2D eigenvalue weighted by atomic mass is 19.4. The van der Waals surface area contributed by atoms with Gasteiger partial charge in [-0.3, -0.25) is 4.98 Å². The molecule has 8 heteroatoms. The highest BCUT2D eigenvalue weighted by Gasteiger charge is 2.31. The fourth-order valence-electron chi connectivity index (χ4n) is 1.90. The molecule has 5 nitrogen and oxygen atoms in total. The molecule has 1 unspecified atom stereocenters. The lowest BCUT2D eigenvalue weighted by Gasteiger charge is -2.13. The molecule has 114 valence electrons. The van der Waals surface area contributed by atoms with E-state index in [9.17, 15) is 18.3 Å². The molecule has 2 heterocycles. The first-order valence-corrected chi connectivity index (χ1v) is 6.38. The Balaban J connectivity index is 2.13. The maximum Gasteiger partial charge on any atom is 0.417 e. The van der Waals surface area contributed by atoms with Crippen LogP contribution in [0.1, 0.15) is 43.1 Å². The van der Waals surface area contributed by atoms with Crippen LogP contribution in [0.25, 0.3) is 0 Å². The van der Waals surface area contributed by atoms with Gasteiger partial charge in [-0.05, 0) is 26.0 Å². The highest BCUT2D eigenvalue weighted by Crippen LogP contribution is 2.29. The third-order valence-electron chi connectivity index (χ3n) is 2.97. The average Bonchev–Trinajstić information content (AvgIpc) is 2.86. The number of nitrogens with zero attached hydrogens (tertiary/aromatic N) is 4. The minimum Gasteiger partial charge on any atom is -0.386 e. The van der Waals surface area contributed by atoms with Gasteiger partial charge in [-0.25, -0.2) is 9.67 Å². The average molecular weight is 300 g/mol. The Bertz CT molecular complexity index is 592. The Labute approximate surface area is 119 Å². The van der Waals surface area contributed by atoms with E-state index in [-0.39, 0.29) is 18.2 Å². The van der Waals surface area contributed by atoms with E-state index in [4.69, 9.17) is 0 Å². The van der Waals surface area contributed by atoms with E-state index in [0.717, 1.165) is 6.07 Å². The lowest BCUT2D eigenvalue weighted by atomic mass is 10.1. The monoisotopic (exact) mass is 300 g/mol. The quantitative estimate of drug-likeness (QED) is 0.942. The minimum atomic E-state index is -4.44. The lowest BCUT2D eigenvalue weighted by Crippen LogP contribution is -2.13. The van der Waals surface area contributed by atoms with Gasteiger partial charge in [0.15, 0.2) is 0 Å². The third kappa shape index (κ3) is 3.57. The number of hydrogen-bond acceptors (Lipinski definition) is 4. The first-order valence-electron chi connectivity index (χ1n) is 6.38. The van der Waals surface area contributed by atoms with Crippen molar-refractivity contribution in [2.75, 3.05) is 0 Å². The van der Waals surface area contributed by atoms with Gasteiger partial charge < -0.3 is 5.11 Å². The van der Waals surface area contributed by atoms with Crippen LogP contribution in [0, 0.1) is 0 Å². The number of halogens is 3. The summed E-state index contributed by atoms with van der Waals surface area (Å²) in [5, 5.41) is 14.1. The summed E-state index contributed by atoms with van der Waals surface area (Å²) in [7, 11) is 0. The van der Waals surface area contributed by atoms with Gasteiger partial charge in [0, 0.05) is 18.7 Å². The molecule has 1 N–H and O–H groups in total. The largest absolute Gasteiger partial charge is 0.417 e. The summed E-state index contributed by atoms with van der Waals surface area (Å²) >= 11 is 0.